The van der Waals surface area contributed by atoms with Crippen LogP contribution < -0.4 is 0 Å². The number of hydrogen-bond acceptors (Lipinski definition) is 1. The summed E-state index contributed by atoms with van der Waals surface area (Å²) in [6.07, 6.45) is 19.2. The molecule has 0 radical (unpaired) electrons. The lowest BCUT2D eigenvalue weighted by molar-refractivity contribution is 0.242. The van der Waals surface area contributed by atoms with Crippen molar-refractivity contribution in [2.24, 2.45) is 23.7 Å². The molecule has 2 aliphatic rings. The quantitative estimate of drug-likeness (QED) is 0.405. The Hall–Kier alpha value is -0.840. The summed E-state index contributed by atoms with van der Waals surface area (Å²) in [5, 5.41) is 8.95. The standard InChI is InChI=1S/C20H32FN/c21-15-3-1-2-4-17-5-7-18(8-6-17)9-10-19-11-13-20(16-22)14-12-19/h2,4,17-20H,1,3,5-15H2/t17-,18-,19-,20-. The third-order valence-electron chi connectivity index (χ3n) is 5.82. The van der Waals surface area contributed by atoms with Crippen LogP contribution in [0.1, 0.15) is 77.0 Å². The van der Waals surface area contributed by atoms with Gasteiger partial charge in [-0.25, -0.2) is 0 Å². The number of rotatable bonds is 7. The van der Waals surface area contributed by atoms with E-state index in [4.69, 9.17) is 5.26 Å². The number of hydrogen-bond donors (Lipinski definition) is 0. The van der Waals surface area contributed by atoms with Gasteiger partial charge in [-0.15, -0.1) is 0 Å². The molecule has 22 heavy (non-hydrogen) atoms. The lowest BCUT2D eigenvalue weighted by atomic mass is 9.76. The number of nitriles is 1. The van der Waals surface area contributed by atoms with Crippen LogP contribution in [-0.2, 0) is 0 Å². The maximum atomic E-state index is 12.0. The summed E-state index contributed by atoms with van der Waals surface area (Å²) in [7, 11) is 0. The summed E-state index contributed by atoms with van der Waals surface area (Å²) in [6.45, 7) is -0.187. The van der Waals surface area contributed by atoms with Crippen LogP contribution in [-0.4, -0.2) is 6.67 Å². The van der Waals surface area contributed by atoms with Crippen LogP contribution in [0.4, 0.5) is 4.39 Å². The van der Waals surface area contributed by atoms with E-state index in [0.29, 0.717) is 12.3 Å². The molecule has 2 aliphatic carbocycles. The highest BCUT2D eigenvalue weighted by Gasteiger charge is 2.23. The molecule has 0 aromatic carbocycles. The fourth-order valence-corrected chi connectivity index (χ4v) is 4.20. The molecule has 0 aromatic heterocycles. The predicted molar refractivity (Wildman–Crippen MR) is 90.1 cm³/mol. The Morgan fingerprint density at radius 3 is 2.05 bits per heavy atom. The number of unbranched alkanes of at least 4 members (excludes halogenated alkanes) is 1. The van der Waals surface area contributed by atoms with Gasteiger partial charge in [0, 0.05) is 5.92 Å². The van der Waals surface area contributed by atoms with Gasteiger partial charge in [-0.2, -0.15) is 5.26 Å². The van der Waals surface area contributed by atoms with Gasteiger partial charge in [-0.3, -0.25) is 4.39 Å². The van der Waals surface area contributed by atoms with Crippen LogP contribution in [0.15, 0.2) is 12.2 Å². The van der Waals surface area contributed by atoms with Crippen molar-refractivity contribution in [1.29, 1.82) is 5.26 Å². The van der Waals surface area contributed by atoms with E-state index in [9.17, 15) is 4.39 Å². The summed E-state index contributed by atoms with van der Waals surface area (Å²) < 4.78 is 12.0. The predicted octanol–water partition coefficient (Wildman–Crippen LogP) is 6.21. The van der Waals surface area contributed by atoms with E-state index in [2.05, 4.69) is 18.2 Å². The van der Waals surface area contributed by atoms with E-state index >= 15 is 0 Å². The van der Waals surface area contributed by atoms with Gasteiger partial charge in [-0.1, -0.05) is 25.0 Å². The van der Waals surface area contributed by atoms with Crippen LogP contribution in [0, 0.1) is 35.0 Å². The molecule has 2 fully saturated rings. The van der Waals surface area contributed by atoms with Gasteiger partial charge in [0.15, 0.2) is 0 Å². The van der Waals surface area contributed by atoms with Crippen molar-refractivity contribution in [3.8, 4) is 6.07 Å². The van der Waals surface area contributed by atoms with Crippen molar-refractivity contribution >= 4 is 0 Å². The molecule has 0 bridgehead atoms. The molecule has 2 rings (SSSR count). The van der Waals surface area contributed by atoms with Gasteiger partial charge in [-0.05, 0) is 82.0 Å². The Balaban J connectivity index is 1.56. The van der Waals surface area contributed by atoms with E-state index < -0.39 is 0 Å². The van der Waals surface area contributed by atoms with E-state index in [-0.39, 0.29) is 6.67 Å². The van der Waals surface area contributed by atoms with Crippen LogP contribution in [0.25, 0.3) is 0 Å². The Bertz CT molecular complexity index is 354. The van der Waals surface area contributed by atoms with E-state index in [1.807, 2.05) is 0 Å². The highest BCUT2D eigenvalue weighted by molar-refractivity contribution is 4.91. The first-order chi connectivity index (χ1) is 10.8. The summed E-state index contributed by atoms with van der Waals surface area (Å²) >= 11 is 0. The minimum atomic E-state index is -0.187. The first-order valence-electron chi connectivity index (χ1n) is 9.44. The van der Waals surface area contributed by atoms with E-state index in [1.54, 1.807) is 0 Å². The molecule has 0 saturated heterocycles. The second kappa shape index (κ2) is 10.0. The van der Waals surface area contributed by atoms with Crippen molar-refractivity contribution in [3.63, 3.8) is 0 Å². The number of alkyl halides is 1. The lowest BCUT2D eigenvalue weighted by Gasteiger charge is -2.30. The zero-order valence-electron chi connectivity index (χ0n) is 14.0. The second-order valence-electron chi connectivity index (χ2n) is 7.46. The Morgan fingerprint density at radius 1 is 0.909 bits per heavy atom. The highest BCUT2D eigenvalue weighted by Crippen LogP contribution is 2.36. The zero-order valence-corrected chi connectivity index (χ0v) is 14.0. The highest BCUT2D eigenvalue weighted by atomic mass is 19.1. The molecule has 0 N–H and O–H groups in total. The molecule has 2 heteroatoms. The van der Waals surface area contributed by atoms with Crippen molar-refractivity contribution < 1.29 is 4.39 Å². The molecular formula is C20H32FN. The average Bonchev–Trinajstić information content (AvgIpc) is 2.58. The molecule has 0 spiro atoms. The smallest absolute Gasteiger partial charge is 0.0897 e. The van der Waals surface area contributed by atoms with Crippen LogP contribution in [0.5, 0.6) is 0 Å². The van der Waals surface area contributed by atoms with Crippen molar-refractivity contribution in [2.75, 3.05) is 6.67 Å². The summed E-state index contributed by atoms with van der Waals surface area (Å²) in [5.74, 6) is 2.92. The summed E-state index contributed by atoms with van der Waals surface area (Å²) in [4.78, 5) is 0. The van der Waals surface area contributed by atoms with Crippen molar-refractivity contribution in [3.05, 3.63) is 12.2 Å². The molecule has 0 atom stereocenters. The first kappa shape index (κ1) is 17.5. The van der Waals surface area contributed by atoms with Crippen LogP contribution in [0.2, 0.25) is 0 Å². The fourth-order valence-electron chi connectivity index (χ4n) is 4.20. The molecular weight excluding hydrogens is 273 g/mol. The van der Waals surface area contributed by atoms with Gasteiger partial charge in [0.2, 0.25) is 0 Å². The maximum Gasteiger partial charge on any atom is 0.0897 e. The molecule has 0 aromatic rings. The zero-order chi connectivity index (χ0) is 15.6. The first-order valence-corrected chi connectivity index (χ1v) is 9.44. The number of halogens is 1. The summed E-state index contributed by atoms with van der Waals surface area (Å²) in [5.41, 5.74) is 0. The largest absolute Gasteiger partial charge is 0.251 e. The van der Waals surface area contributed by atoms with Gasteiger partial charge in [0.1, 0.15) is 0 Å². The maximum absolute atomic E-state index is 12.0. The summed E-state index contributed by atoms with van der Waals surface area (Å²) in [6, 6.07) is 2.43. The Morgan fingerprint density at radius 2 is 1.50 bits per heavy atom. The Labute approximate surface area is 136 Å². The van der Waals surface area contributed by atoms with E-state index in [0.717, 1.165) is 37.0 Å². The van der Waals surface area contributed by atoms with Crippen molar-refractivity contribution in [2.45, 2.75) is 77.0 Å². The lowest BCUT2D eigenvalue weighted by Crippen LogP contribution is -2.17. The average molecular weight is 305 g/mol. The molecule has 0 aliphatic heterocycles. The molecule has 0 unspecified atom stereocenters. The molecule has 0 amide bonds. The minimum absolute atomic E-state index is 0.187. The number of nitrogens with zero attached hydrogens (tertiary/aromatic N) is 1. The topological polar surface area (TPSA) is 23.8 Å². The van der Waals surface area contributed by atoms with Gasteiger partial charge < -0.3 is 0 Å². The second-order valence-corrected chi connectivity index (χ2v) is 7.46. The SMILES string of the molecule is N#C[C@H]1CC[C@H](CC[C@H]2CC[C@H](C=CCCCF)CC2)CC1. The normalized spacial score (nSPS) is 32.9. The molecule has 1 nitrogen and oxygen atoms in total. The monoisotopic (exact) mass is 305 g/mol. The van der Waals surface area contributed by atoms with Crippen LogP contribution >= 0.6 is 0 Å². The third-order valence-corrected chi connectivity index (χ3v) is 5.82. The van der Waals surface area contributed by atoms with Gasteiger partial charge >= 0.3 is 0 Å². The van der Waals surface area contributed by atoms with E-state index in [1.165, 1.54) is 51.4 Å². The fraction of sp³-hybridized carbons (Fsp3) is 0.850. The van der Waals surface area contributed by atoms with Gasteiger partial charge in [0.05, 0.1) is 12.7 Å². The van der Waals surface area contributed by atoms with Crippen molar-refractivity contribution in [1.82, 2.24) is 0 Å². The number of allylic oxidation sites excluding steroid dienone is 2. The Kier molecular flexibility index (Phi) is 7.99. The molecule has 0 heterocycles. The van der Waals surface area contributed by atoms with Crippen LogP contribution in [0.3, 0.4) is 0 Å². The van der Waals surface area contributed by atoms with Gasteiger partial charge in [0.25, 0.3) is 0 Å². The molecule has 2 saturated carbocycles. The minimum Gasteiger partial charge on any atom is -0.251 e. The third kappa shape index (κ3) is 6.11. The molecule has 124 valence electrons.